The Hall–Kier alpha value is -3.13. The van der Waals surface area contributed by atoms with E-state index >= 15 is 0 Å². The number of ether oxygens (including phenoxy) is 2. The number of hydrogen-bond donors (Lipinski definition) is 2. The van der Waals surface area contributed by atoms with E-state index in [0.717, 1.165) is 0 Å². The van der Waals surface area contributed by atoms with E-state index in [1.807, 2.05) is 0 Å². The molecule has 2 rings (SSSR count). The zero-order valence-corrected chi connectivity index (χ0v) is 14.7. The highest BCUT2D eigenvalue weighted by atomic mass is 16.6. The van der Waals surface area contributed by atoms with Crippen LogP contribution in [-0.2, 0) is 6.54 Å². The Morgan fingerprint density at radius 3 is 2.50 bits per heavy atom. The van der Waals surface area contributed by atoms with Gasteiger partial charge in [0.25, 0.3) is 11.6 Å². The zero-order chi connectivity index (χ0) is 18.9. The van der Waals surface area contributed by atoms with Crippen LogP contribution in [0.4, 0.5) is 5.69 Å². The molecule has 0 aliphatic rings. The summed E-state index contributed by atoms with van der Waals surface area (Å²) in [6.45, 7) is 1.21. The van der Waals surface area contributed by atoms with Crippen molar-refractivity contribution in [3.05, 3.63) is 63.7 Å². The van der Waals surface area contributed by atoms with Gasteiger partial charge in [0.2, 0.25) is 0 Å². The minimum Gasteiger partial charge on any atom is -0.493 e. The lowest BCUT2D eigenvalue weighted by Crippen LogP contribution is -2.31. The first-order valence-corrected chi connectivity index (χ1v) is 8.00. The van der Waals surface area contributed by atoms with Gasteiger partial charge in [-0.05, 0) is 18.2 Å². The maximum absolute atomic E-state index is 12.2. The first kappa shape index (κ1) is 19.2. The van der Waals surface area contributed by atoms with Crippen molar-refractivity contribution in [3.63, 3.8) is 0 Å². The van der Waals surface area contributed by atoms with Gasteiger partial charge in [0, 0.05) is 36.8 Å². The van der Waals surface area contributed by atoms with E-state index in [1.165, 1.54) is 20.3 Å². The number of methoxy groups -OCH3 is 2. The lowest BCUT2D eigenvalue weighted by Gasteiger charge is -2.10. The standard InChI is InChI=1S/C18H21N3O5/c1-25-16-8-7-13(11-17(16)26-2)18(22)20-10-9-19-12-14-5-3-4-6-15(14)21(23)24/h3-8,11,19H,9-10,12H2,1-2H3,(H,20,22). The van der Waals surface area contributed by atoms with Crippen molar-refractivity contribution in [1.82, 2.24) is 10.6 Å². The number of nitro groups is 1. The number of nitrogens with one attached hydrogen (secondary N) is 2. The van der Waals surface area contributed by atoms with Crippen LogP contribution >= 0.6 is 0 Å². The van der Waals surface area contributed by atoms with Gasteiger partial charge in [-0.2, -0.15) is 0 Å². The maximum atomic E-state index is 12.2. The molecule has 0 saturated carbocycles. The molecule has 0 aromatic heterocycles. The Bertz CT molecular complexity index is 779. The average Bonchev–Trinajstić information content (AvgIpc) is 2.67. The van der Waals surface area contributed by atoms with Crippen molar-refractivity contribution in [2.45, 2.75) is 6.54 Å². The van der Waals surface area contributed by atoms with E-state index < -0.39 is 4.92 Å². The van der Waals surface area contributed by atoms with E-state index in [1.54, 1.807) is 36.4 Å². The fourth-order valence-electron chi connectivity index (χ4n) is 2.41. The molecule has 0 unspecified atom stereocenters. The van der Waals surface area contributed by atoms with Crippen LogP contribution in [-0.4, -0.2) is 38.1 Å². The van der Waals surface area contributed by atoms with Crippen LogP contribution in [0.15, 0.2) is 42.5 Å². The van der Waals surface area contributed by atoms with Gasteiger partial charge in [-0.1, -0.05) is 18.2 Å². The normalized spacial score (nSPS) is 10.2. The Balaban J connectivity index is 1.81. The molecule has 0 fully saturated rings. The molecule has 2 aromatic rings. The molecule has 0 atom stereocenters. The van der Waals surface area contributed by atoms with E-state index in [0.29, 0.717) is 42.3 Å². The van der Waals surface area contributed by atoms with Crippen LogP contribution in [0, 0.1) is 10.1 Å². The highest BCUT2D eigenvalue weighted by Gasteiger charge is 2.12. The van der Waals surface area contributed by atoms with Crippen molar-refractivity contribution in [3.8, 4) is 11.5 Å². The van der Waals surface area contributed by atoms with Crippen LogP contribution in [0.5, 0.6) is 11.5 Å². The molecule has 0 aliphatic heterocycles. The number of rotatable bonds is 9. The van der Waals surface area contributed by atoms with Gasteiger partial charge >= 0.3 is 0 Å². The molecule has 1 amide bonds. The number of nitro benzene ring substituents is 1. The average molecular weight is 359 g/mol. The van der Waals surface area contributed by atoms with Crippen molar-refractivity contribution in [2.75, 3.05) is 27.3 Å². The van der Waals surface area contributed by atoms with Crippen molar-refractivity contribution in [2.24, 2.45) is 0 Å². The third-order valence-corrected chi connectivity index (χ3v) is 3.74. The van der Waals surface area contributed by atoms with E-state index in [2.05, 4.69) is 10.6 Å². The van der Waals surface area contributed by atoms with Gasteiger partial charge in [0.05, 0.1) is 19.1 Å². The molecule has 0 saturated heterocycles. The minimum absolute atomic E-state index is 0.0781. The topological polar surface area (TPSA) is 103 Å². The molecule has 138 valence electrons. The summed E-state index contributed by atoms with van der Waals surface area (Å²) in [7, 11) is 3.03. The molecule has 0 spiro atoms. The molecular formula is C18H21N3O5. The molecule has 0 bridgehead atoms. The van der Waals surface area contributed by atoms with Crippen LogP contribution in [0.3, 0.4) is 0 Å². The Kier molecular flexibility index (Phi) is 6.92. The SMILES string of the molecule is COc1ccc(C(=O)NCCNCc2ccccc2[N+](=O)[O-])cc1OC. The molecule has 8 nitrogen and oxygen atoms in total. The summed E-state index contributed by atoms with van der Waals surface area (Å²) < 4.78 is 10.3. The first-order valence-electron chi connectivity index (χ1n) is 8.00. The predicted molar refractivity (Wildman–Crippen MR) is 96.7 cm³/mol. The van der Waals surface area contributed by atoms with Gasteiger partial charge in [0.15, 0.2) is 11.5 Å². The number of benzene rings is 2. The predicted octanol–water partition coefficient (Wildman–Crippen LogP) is 2.13. The summed E-state index contributed by atoms with van der Waals surface area (Å²) >= 11 is 0. The van der Waals surface area contributed by atoms with E-state index in [9.17, 15) is 14.9 Å². The second-order valence-corrected chi connectivity index (χ2v) is 5.39. The first-order chi connectivity index (χ1) is 12.6. The third kappa shape index (κ3) is 4.93. The summed E-state index contributed by atoms with van der Waals surface area (Å²) in [6.07, 6.45) is 0. The van der Waals surface area contributed by atoms with Gasteiger partial charge in [-0.3, -0.25) is 14.9 Å². The summed E-state index contributed by atoms with van der Waals surface area (Å²) in [5.74, 6) is 0.795. The number of carbonyl (C=O) groups excluding carboxylic acids is 1. The van der Waals surface area contributed by atoms with Gasteiger partial charge in [0.1, 0.15) is 0 Å². The minimum atomic E-state index is -0.407. The molecule has 0 heterocycles. The molecular weight excluding hydrogens is 338 g/mol. The van der Waals surface area contributed by atoms with Crippen LogP contribution in [0.1, 0.15) is 15.9 Å². The van der Waals surface area contributed by atoms with Crippen molar-refractivity contribution in [1.29, 1.82) is 0 Å². The molecule has 8 heteroatoms. The second kappa shape index (κ2) is 9.38. The van der Waals surface area contributed by atoms with Gasteiger partial charge in [-0.15, -0.1) is 0 Å². The van der Waals surface area contributed by atoms with Gasteiger partial charge < -0.3 is 20.1 Å². The third-order valence-electron chi connectivity index (χ3n) is 3.74. The quantitative estimate of drug-likeness (QED) is 0.404. The summed E-state index contributed by atoms with van der Waals surface area (Å²) in [5.41, 5.74) is 1.14. The zero-order valence-electron chi connectivity index (χ0n) is 14.7. The molecule has 2 N–H and O–H groups in total. The van der Waals surface area contributed by atoms with Crippen molar-refractivity contribution >= 4 is 11.6 Å². The van der Waals surface area contributed by atoms with E-state index in [-0.39, 0.29) is 11.6 Å². The fraction of sp³-hybridized carbons (Fsp3) is 0.278. The Labute approximate surface area is 151 Å². The van der Waals surface area contributed by atoms with Crippen LogP contribution < -0.4 is 20.1 Å². The fourth-order valence-corrected chi connectivity index (χ4v) is 2.41. The largest absolute Gasteiger partial charge is 0.493 e. The molecule has 0 radical (unpaired) electrons. The molecule has 0 aliphatic carbocycles. The van der Waals surface area contributed by atoms with Gasteiger partial charge in [-0.25, -0.2) is 0 Å². The number of nitrogens with zero attached hydrogens (tertiary/aromatic N) is 1. The van der Waals surface area contributed by atoms with Crippen LogP contribution in [0.2, 0.25) is 0 Å². The molecule has 26 heavy (non-hydrogen) atoms. The number of para-hydroxylation sites is 1. The lowest BCUT2D eigenvalue weighted by molar-refractivity contribution is -0.385. The monoisotopic (exact) mass is 359 g/mol. The summed E-state index contributed by atoms with van der Waals surface area (Å²) in [5, 5.41) is 16.8. The Morgan fingerprint density at radius 2 is 1.81 bits per heavy atom. The number of carbonyl (C=O) groups is 1. The smallest absolute Gasteiger partial charge is 0.273 e. The second-order valence-electron chi connectivity index (χ2n) is 5.39. The van der Waals surface area contributed by atoms with Crippen LogP contribution in [0.25, 0.3) is 0 Å². The molecule has 2 aromatic carbocycles. The highest BCUT2D eigenvalue weighted by Crippen LogP contribution is 2.27. The number of hydrogen-bond acceptors (Lipinski definition) is 6. The van der Waals surface area contributed by atoms with Crippen molar-refractivity contribution < 1.29 is 19.2 Å². The summed E-state index contributed by atoms with van der Waals surface area (Å²) in [6, 6.07) is 11.5. The van der Waals surface area contributed by atoms with E-state index in [4.69, 9.17) is 9.47 Å². The summed E-state index contributed by atoms with van der Waals surface area (Å²) in [4.78, 5) is 22.7. The Morgan fingerprint density at radius 1 is 1.08 bits per heavy atom. The maximum Gasteiger partial charge on any atom is 0.273 e. The lowest BCUT2D eigenvalue weighted by atomic mass is 10.2. The highest BCUT2D eigenvalue weighted by molar-refractivity contribution is 5.94. The number of amides is 1.